The van der Waals surface area contributed by atoms with Gasteiger partial charge in [-0.05, 0) is 58.7 Å². The molecule has 0 aromatic heterocycles. The van der Waals surface area contributed by atoms with Gasteiger partial charge in [0.1, 0.15) is 12.5 Å². The summed E-state index contributed by atoms with van der Waals surface area (Å²) in [4.78, 5) is 11.3. The van der Waals surface area contributed by atoms with E-state index in [0.29, 0.717) is 25.4 Å². The molecule has 0 saturated carbocycles. The van der Waals surface area contributed by atoms with Gasteiger partial charge in [-0.1, -0.05) is 19.9 Å². The Morgan fingerprint density at radius 3 is 2.00 bits per heavy atom. The lowest BCUT2D eigenvalue weighted by Crippen LogP contribution is -2.49. The van der Waals surface area contributed by atoms with Crippen LogP contribution in [0.5, 0.6) is 0 Å². The molecule has 0 radical (unpaired) electrons. The van der Waals surface area contributed by atoms with Crippen LogP contribution in [0.4, 0.5) is 0 Å². The van der Waals surface area contributed by atoms with Gasteiger partial charge in [0.15, 0.2) is 16.6 Å². The van der Waals surface area contributed by atoms with Crippen LogP contribution >= 0.6 is 0 Å². The number of carbonyl (C=O) groups excluding carboxylic acids is 1. The molecule has 1 atom stereocenters. The molecule has 0 fully saturated rings. The van der Waals surface area contributed by atoms with Crippen molar-refractivity contribution in [2.45, 2.75) is 77.9 Å². The van der Waals surface area contributed by atoms with Gasteiger partial charge in [-0.15, -0.1) is 0 Å². The highest BCUT2D eigenvalue weighted by Gasteiger charge is 2.34. The molecule has 0 saturated heterocycles. The SMILES string of the molecule is C=C(C)C(=O)OCCOCCCO[SiH](CCC)C(O[Si](C)(C)C)O[Si](C)(C)C. The number of carbonyl (C=O) groups is 1. The fourth-order valence-corrected chi connectivity index (χ4v) is 9.15. The van der Waals surface area contributed by atoms with Crippen molar-refractivity contribution >= 4 is 31.6 Å². The highest BCUT2D eigenvalue weighted by atomic mass is 28.4. The molecule has 0 aliphatic carbocycles. The Labute approximate surface area is 175 Å². The average molecular weight is 451 g/mol. The van der Waals surface area contributed by atoms with Crippen molar-refractivity contribution in [1.29, 1.82) is 0 Å². The fourth-order valence-electron chi connectivity index (χ4n) is 2.27. The van der Waals surface area contributed by atoms with Gasteiger partial charge in [-0.3, -0.25) is 0 Å². The third-order valence-electron chi connectivity index (χ3n) is 3.39. The van der Waals surface area contributed by atoms with Crippen molar-refractivity contribution in [2.75, 3.05) is 26.4 Å². The Hall–Kier alpha value is -0.299. The molecular formula is C19H42O6Si3. The maximum atomic E-state index is 11.3. The fraction of sp³-hybridized carbons (Fsp3) is 0.842. The van der Waals surface area contributed by atoms with E-state index in [1.165, 1.54) is 0 Å². The van der Waals surface area contributed by atoms with Crippen molar-refractivity contribution in [3.63, 3.8) is 0 Å². The smallest absolute Gasteiger partial charge is 0.333 e. The summed E-state index contributed by atoms with van der Waals surface area (Å²) in [5, 5.41) is 0. The van der Waals surface area contributed by atoms with Gasteiger partial charge in [-0.25, -0.2) is 4.79 Å². The number of hydrogen-bond donors (Lipinski definition) is 0. The predicted molar refractivity (Wildman–Crippen MR) is 122 cm³/mol. The normalized spacial score (nSPS) is 13.6. The molecule has 6 nitrogen and oxygen atoms in total. The van der Waals surface area contributed by atoms with Gasteiger partial charge in [0.05, 0.1) is 6.61 Å². The van der Waals surface area contributed by atoms with E-state index >= 15 is 0 Å². The van der Waals surface area contributed by atoms with Gasteiger partial charge in [0, 0.05) is 18.8 Å². The zero-order valence-corrected chi connectivity index (χ0v) is 22.4. The molecule has 0 spiro atoms. The van der Waals surface area contributed by atoms with Crippen LogP contribution in [0.3, 0.4) is 0 Å². The number of hydrogen-bond acceptors (Lipinski definition) is 6. The third-order valence-corrected chi connectivity index (χ3v) is 8.50. The summed E-state index contributed by atoms with van der Waals surface area (Å²) < 4.78 is 29.5. The van der Waals surface area contributed by atoms with Crippen molar-refractivity contribution in [3.05, 3.63) is 12.2 Å². The first-order chi connectivity index (χ1) is 12.9. The van der Waals surface area contributed by atoms with Crippen LogP contribution in [0.25, 0.3) is 0 Å². The lowest BCUT2D eigenvalue weighted by molar-refractivity contribution is -0.140. The first kappa shape index (κ1) is 27.7. The van der Waals surface area contributed by atoms with Crippen molar-refractivity contribution in [3.8, 4) is 0 Å². The highest BCUT2D eigenvalue weighted by molar-refractivity contribution is 6.72. The van der Waals surface area contributed by atoms with Crippen LogP contribution in [0.2, 0.25) is 45.3 Å². The topological polar surface area (TPSA) is 63.2 Å². The van der Waals surface area contributed by atoms with Crippen molar-refractivity contribution in [1.82, 2.24) is 0 Å². The van der Waals surface area contributed by atoms with E-state index in [-0.39, 0.29) is 18.5 Å². The van der Waals surface area contributed by atoms with Crippen LogP contribution in [0.1, 0.15) is 26.7 Å². The molecule has 166 valence electrons. The van der Waals surface area contributed by atoms with Crippen molar-refractivity contribution in [2.24, 2.45) is 0 Å². The molecule has 0 N–H and O–H groups in total. The third kappa shape index (κ3) is 15.6. The molecule has 0 heterocycles. The Balaban J connectivity index is 4.35. The van der Waals surface area contributed by atoms with E-state index in [4.69, 9.17) is 22.8 Å². The minimum atomic E-state index is -1.72. The molecule has 0 rings (SSSR count). The van der Waals surface area contributed by atoms with E-state index < -0.39 is 25.7 Å². The Morgan fingerprint density at radius 2 is 1.54 bits per heavy atom. The number of ether oxygens (including phenoxy) is 2. The van der Waals surface area contributed by atoms with Crippen LogP contribution in [0.15, 0.2) is 12.2 Å². The van der Waals surface area contributed by atoms with E-state index in [0.717, 1.165) is 18.9 Å². The molecule has 0 bridgehead atoms. The lowest BCUT2D eigenvalue weighted by Gasteiger charge is -2.35. The van der Waals surface area contributed by atoms with Crippen LogP contribution < -0.4 is 0 Å². The Bertz CT molecular complexity index is 444. The standard InChI is InChI=1S/C19H42O6Si3/c1-10-16-26(19(24-27(4,5)6)25-28(7,8)9)23-13-11-12-21-14-15-22-18(20)17(2)3/h19,26H,2,10-16H2,1,3-9H3. The van der Waals surface area contributed by atoms with E-state index in [2.05, 4.69) is 52.8 Å². The van der Waals surface area contributed by atoms with E-state index in [1.807, 2.05) is 0 Å². The molecular weight excluding hydrogens is 408 g/mol. The summed E-state index contributed by atoms with van der Waals surface area (Å²) in [6, 6.07) is 1.04. The number of esters is 1. The summed E-state index contributed by atoms with van der Waals surface area (Å²) in [5.41, 5.74) is 0.399. The van der Waals surface area contributed by atoms with E-state index in [1.54, 1.807) is 6.92 Å². The second-order valence-corrected chi connectivity index (χ2v) is 20.4. The first-order valence-corrected chi connectivity index (χ1v) is 19.0. The van der Waals surface area contributed by atoms with Gasteiger partial charge >= 0.3 is 5.97 Å². The minimum absolute atomic E-state index is 0.166. The molecule has 0 aromatic rings. The average Bonchev–Trinajstić information content (AvgIpc) is 2.52. The maximum absolute atomic E-state index is 11.3. The molecule has 0 aliphatic heterocycles. The summed E-state index contributed by atoms with van der Waals surface area (Å²) in [6.45, 7) is 22.4. The predicted octanol–water partition coefficient (Wildman–Crippen LogP) is 4.23. The Kier molecular flexibility index (Phi) is 13.7. The largest absolute Gasteiger partial charge is 0.460 e. The molecule has 0 aliphatic rings. The van der Waals surface area contributed by atoms with Crippen LogP contribution in [-0.4, -0.2) is 64.0 Å². The number of rotatable bonds is 16. The summed E-state index contributed by atoms with van der Waals surface area (Å²) in [6.07, 6.45) is 1.87. The van der Waals surface area contributed by atoms with Crippen LogP contribution in [-0.2, 0) is 27.5 Å². The van der Waals surface area contributed by atoms with Gasteiger partial charge in [-0.2, -0.15) is 0 Å². The minimum Gasteiger partial charge on any atom is -0.460 e. The second kappa shape index (κ2) is 13.8. The quantitative estimate of drug-likeness (QED) is 0.115. The molecule has 0 amide bonds. The maximum Gasteiger partial charge on any atom is 0.333 e. The summed E-state index contributed by atoms with van der Waals surface area (Å²) in [5.74, 6) is -0.545. The monoisotopic (exact) mass is 450 g/mol. The Morgan fingerprint density at radius 1 is 0.964 bits per heavy atom. The zero-order chi connectivity index (χ0) is 21.8. The molecule has 0 aromatic carbocycles. The summed E-state index contributed by atoms with van der Waals surface area (Å²) in [7, 11) is -5.09. The van der Waals surface area contributed by atoms with Gasteiger partial charge in [0.25, 0.3) is 0 Å². The van der Waals surface area contributed by atoms with Gasteiger partial charge in [0.2, 0.25) is 9.04 Å². The highest BCUT2D eigenvalue weighted by Crippen LogP contribution is 2.19. The lowest BCUT2D eigenvalue weighted by atomic mass is 10.4. The van der Waals surface area contributed by atoms with Crippen molar-refractivity contribution < 1.29 is 27.5 Å². The van der Waals surface area contributed by atoms with Crippen LogP contribution in [0, 0.1) is 0 Å². The molecule has 1 unspecified atom stereocenters. The second-order valence-electron chi connectivity index (χ2n) is 8.91. The van der Waals surface area contributed by atoms with Gasteiger partial charge < -0.3 is 22.8 Å². The molecule has 9 heteroatoms. The summed E-state index contributed by atoms with van der Waals surface area (Å²) >= 11 is 0. The first-order valence-electron chi connectivity index (χ1n) is 10.2. The zero-order valence-electron chi connectivity index (χ0n) is 19.3. The molecule has 28 heavy (non-hydrogen) atoms. The van der Waals surface area contributed by atoms with E-state index in [9.17, 15) is 4.79 Å².